The fourth-order valence-corrected chi connectivity index (χ4v) is 1.78. The molecule has 0 amide bonds. The third-order valence-electron chi connectivity index (χ3n) is 2.88. The van der Waals surface area contributed by atoms with Crippen molar-refractivity contribution >= 4 is 5.69 Å². The molecule has 1 heterocycles. The molecule has 0 spiro atoms. The predicted molar refractivity (Wildman–Crippen MR) is 71.1 cm³/mol. The molecule has 1 unspecified atom stereocenters. The highest BCUT2D eigenvalue weighted by molar-refractivity contribution is 5.52. The zero-order valence-electron chi connectivity index (χ0n) is 10.6. The number of anilines is 1. The van der Waals surface area contributed by atoms with E-state index in [9.17, 15) is 5.26 Å². The lowest BCUT2D eigenvalue weighted by Crippen LogP contribution is -2.08. The van der Waals surface area contributed by atoms with Crippen molar-refractivity contribution in [2.24, 2.45) is 0 Å². The van der Waals surface area contributed by atoms with Crippen LogP contribution in [0.15, 0.2) is 36.7 Å². The van der Waals surface area contributed by atoms with E-state index in [1.165, 1.54) is 0 Å². The Hall–Kier alpha value is -2.28. The maximum absolute atomic E-state index is 9.26. The molecule has 0 aliphatic heterocycles. The van der Waals surface area contributed by atoms with Crippen molar-refractivity contribution in [1.29, 1.82) is 5.26 Å². The normalized spacial score (nSPS) is 11.8. The quantitative estimate of drug-likeness (QED) is 0.894. The summed E-state index contributed by atoms with van der Waals surface area (Å²) in [4.78, 5) is 0. The van der Waals surface area contributed by atoms with Crippen LogP contribution in [0, 0.1) is 18.3 Å². The number of nitrogens with zero attached hydrogens (tertiary/aromatic N) is 3. The molecule has 1 atom stereocenters. The van der Waals surface area contributed by atoms with Crippen LogP contribution in [0.2, 0.25) is 0 Å². The maximum atomic E-state index is 9.26. The second-order valence-electron chi connectivity index (χ2n) is 4.15. The van der Waals surface area contributed by atoms with Gasteiger partial charge in [0, 0.05) is 24.0 Å². The molecule has 0 aliphatic carbocycles. The van der Waals surface area contributed by atoms with Crippen molar-refractivity contribution in [3.05, 3.63) is 47.8 Å². The molecule has 0 saturated heterocycles. The summed E-state index contributed by atoms with van der Waals surface area (Å²) in [5.74, 6) is 0. The Morgan fingerprint density at radius 3 is 2.83 bits per heavy atom. The minimum Gasteiger partial charge on any atom is -0.366 e. The largest absolute Gasteiger partial charge is 0.366 e. The van der Waals surface area contributed by atoms with Gasteiger partial charge in [-0.05, 0) is 25.5 Å². The monoisotopic (exact) mass is 240 g/mol. The van der Waals surface area contributed by atoms with Crippen molar-refractivity contribution in [2.45, 2.75) is 26.4 Å². The molecule has 2 rings (SSSR count). The first kappa shape index (κ1) is 12.2. The van der Waals surface area contributed by atoms with E-state index in [1.807, 2.05) is 49.0 Å². The van der Waals surface area contributed by atoms with Crippen LogP contribution in [0.3, 0.4) is 0 Å². The smallest absolute Gasteiger partial charge is 0.143 e. The van der Waals surface area contributed by atoms with Gasteiger partial charge in [0.2, 0.25) is 0 Å². The summed E-state index contributed by atoms with van der Waals surface area (Å²) in [5.41, 5.74) is 3.00. The van der Waals surface area contributed by atoms with Crippen LogP contribution in [-0.2, 0) is 6.54 Å². The SMILES string of the molecule is CCn1cc(C(C#N)Nc2ccccc2C)cn1. The predicted octanol–water partition coefficient (Wildman–Crippen LogP) is 2.89. The van der Waals surface area contributed by atoms with Gasteiger partial charge in [-0.15, -0.1) is 0 Å². The second-order valence-corrected chi connectivity index (χ2v) is 4.15. The number of hydrogen-bond donors (Lipinski definition) is 1. The van der Waals surface area contributed by atoms with E-state index in [0.717, 1.165) is 23.4 Å². The second kappa shape index (κ2) is 5.37. The summed E-state index contributed by atoms with van der Waals surface area (Å²) in [6, 6.07) is 9.83. The molecule has 4 nitrogen and oxygen atoms in total. The van der Waals surface area contributed by atoms with E-state index in [1.54, 1.807) is 6.20 Å². The Morgan fingerprint density at radius 1 is 1.44 bits per heavy atom. The lowest BCUT2D eigenvalue weighted by atomic mass is 10.1. The minimum absolute atomic E-state index is 0.369. The lowest BCUT2D eigenvalue weighted by molar-refractivity contribution is 0.659. The molecule has 0 saturated carbocycles. The number of rotatable bonds is 4. The summed E-state index contributed by atoms with van der Waals surface area (Å²) >= 11 is 0. The molecule has 0 aliphatic rings. The number of nitriles is 1. The van der Waals surface area contributed by atoms with E-state index in [4.69, 9.17) is 0 Å². The Bertz CT molecular complexity index is 565. The zero-order valence-corrected chi connectivity index (χ0v) is 10.6. The van der Waals surface area contributed by atoms with E-state index >= 15 is 0 Å². The van der Waals surface area contributed by atoms with Gasteiger partial charge in [-0.1, -0.05) is 18.2 Å². The van der Waals surface area contributed by atoms with Crippen molar-refractivity contribution in [2.75, 3.05) is 5.32 Å². The first-order chi connectivity index (χ1) is 8.74. The number of para-hydroxylation sites is 1. The standard InChI is InChI=1S/C14H16N4/c1-3-18-10-12(9-16-18)14(8-15)17-13-7-5-4-6-11(13)2/h4-7,9-10,14,17H,3H2,1-2H3. The molecule has 4 heteroatoms. The molecular formula is C14H16N4. The average molecular weight is 240 g/mol. The Morgan fingerprint density at radius 2 is 2.22 bits per heavy atom. The van der Waals surface area contributed by atoms with Crippen LogP contribution in [0.5, 0.6) is 0 Å². The molecule has 0 bridgehead atoms. The summed E-state index contributed by atoms with van der Waals surface area (Å²) < 4.78 is 1.82. The number of nitrogens with one attached hydrogen (secondary N) is 1. The molecule has 0 radical (unpaired) electrons. The van der Waals surface area contributed by atoms with Crippen molar-refractivity contribution in [3.63, 3.8) is 0 Å². The van der Waals surface area contributed by atoms with Crippen molar-refractivity contribution < 1.29 is 0 Å². The highest BCUT2D eigenvalue weighted by Gasteiger charge is 2.13. The van der Waals surface area contributed by atoms with E-state index in [2.05, 4.69) is 16.5 Å². The molecule has 92 valence electrons. The first-order valence-corrected chi connectivity index (χ1v) is 5.98. The third kappa shape index (κ3) is 2.51. The molecule has 0 fully saturated rings. The molecular weight excluding hydrogens is 224 g/mol. The number of aromatic nitrogens is 2. The van der Waals surface area contributed by atoms with Gasteiger partial charge in [-0.25, -0.2) is 0 Å². The van der Waals surface area contributed by atoms with Gasteiger partial charge in [0.25, 0.3) is 0 Å². The maximum Gasteiger partial charge on any atom is 0.143 e. The lowest BCUT2D eigenvalue weighted by Gasteiger charge is -2.13. The van der Waals surface area contributed by atoms with Gasteiger partial charge in [-0.2, -0.15) is 10.4 Å². The zero-order chi connectivity index (χ0) is 13.0. The molecule has 1 aromatic heterocycles. The number of aryl methyl sites for hydroxylation is 2. The first-order valence-electron chi connectivity index (χ1n) is 5.98. The van der Waals surface area contributed by atoms with Gasteiger partial charge < -0.3 is 5.32 Å². The van der Waals surface area contributed by atoms with Gasteiger partial charge in [0.15, 0.2) is 0 Å². The summed E-state index contributed by atoms with van der Waals surface area (Å²) in [6.07, 6.45) is 3.64. The van der Waals surface area contributed by atoms with Gasteiger partial charge >= 0.3 is 0 Å². The fraction of sp³-hybridized carbons (Fsp3) is 0.286. The van der Waals surface area contributed by atoms with Crippen LogP contribution in [0.4, 0.5) is 5.69 Å². The Kier molecular flexibility index (Phi) is 3.63. The van der Waals surface area contributed by atoms with Gasteiger partial charge in [0.05, 0.1) is 12.3 Å². The molecule has 18 heavy (non-hydrogen) atoms. The van der Waals surface area contributed by atoms with Crippen molar-refractivity contribution in [3.8, 4) is 6.07 Å². The highest BCUT2D eigenvalue weighted by atomic mass is 15.3. The van der Waals surface area contributed by atoms with Gasteiger partial charge in [0.1, 0.15) is 6.04 Å². The third-order valence-corrected chi connectivity index (χ3v) is 2.88. The van der Waals surface area contributed by atoms with Crippen LogP contribution in [0.25, 0.3) is 0 Å². The fourth-order valence-electron chi connectivity index (χ4n) is 1.78. The number of benzene rings is 1. The summed E-state index contributed by atoms with van der Waals surface area (Å²) in [5, 5.41) is 16.7. The minimum atomic E-state index is -0.369. The highest BCUT2D eigenvalue weighted by Crippen LogP contribution is 2.21. The molecule has 2 aromatic rings. The van der Waals surface area contributed by atoms with Crippen LogP contribution in [-0.4, -0.2) is 9.78 Å². The van der Waals surface area contributed by atoms with Crippen molar-refractivity contribution in [1.82, 2.24) is 9.78 Å². The summed E-state index contributed by atoms with van der Waals surface area (Å²) in [7, 11) is 0. The van der Waals surface area contributed by atoms with E-state index in [0.29, 0.717) is 0 Å². The van der Waals surface area contributed by atoms with Crippen LogP contribution < -0.4 is 5.32 Å². The Labute approximate surface area is 107 Å². The topological polar surface area (TPSA) is 53.6 Å². The Balaban J connectivity index is 2.20. The van der Waals surface area contributed by atoms with Crippen LogP contribution in [0.1, 0.15) is 24.1 Å². The van der Waals surface area contributed by atoms with E-state index in [-0.39, 0.29) is 6.04 Å². The summed E-state index contributed by atoms with van der Waals surface area (Å²) in [6.45, 7) is 4.85. The average Bonchev–Trinajstić information content (AvgIpc) is 2.86. The molecule has 1 aromatic carbocycles. The number of hydrogen-bond acceptors (Lipinski definition) is 3. The van der Waals surface area contributed by atoms with Gasteiger partial charge in [-0.3, -0.25) is 4.68 Å². The molecule has 1 N–H and O–H groups in total. The van der Waals surface area contributed by atoms with E-state index < -0.39 is 0 Å². The van der Waals surface area contributed by atoms with Crippen LogP contribution >= 0.6 is 0 Å².